The number of anilines is 1. The van der Waals surface area contributed by atoms with Gasteiger partial charge in [-0.1, -0.05) is 40.9 Å². The number of amides is 4. The summed E-state index contributed by atoms with van der Waals surface area (Å²) in [6, 6.07) is 4.12. The van der Waals surface area contributed by atoms with Crippen molar-refractivity contribution in [2.75, 3.05) is 11.9 Å². The normalized spacial score (nSPS) is 18.9. The highest BCUT2D eigenvalue weighted by molar-refractivity contribution is 6.42. The first kappa shape index (κ1) is 23.1. The molecule has 1 atom stereocenters. The summed E-state index contributed by atoms with van der Waals surface area (Å²) in [4.78, 5) is 41.6. The molecule has 0 radical (unpaired) electrons. The highest BCUT2D eigenvalue weighted by Gasteiger charge is 2.49. The van der Waals surface area contributed by atoms with Gasteiger partial charge in [0.25, 0.3) is 5.91 Å². The second kappa shape index (κ2) is 8.18. The summed E-state index contributed by atoms with van der Waals surface area (Å²) < 4.78 is 38.1. The predicted octanol–water partition coefficient (Wildman–Crippen LogP) is 4.47. The molecule has 2 heterocycles. The first-order valence-corrected chi connectivity index (χ1v) is 9.58. The lowest BCUT2D eigenvalue weighted by atomic mass is 9.92. The fourth-order valence-electron chi connectivity index (χ4n) is 2.84. The topological polar surface area (TPSA) is 91.4 Å². The van der Waals surface area contributed by atoms with Crippen LogP contribution < -0.4 is 10.6 Å². The van der Waals surface area contributed by atoms with Crippen LogP contribution >= 0.6 is 34.8 Å². The maximum absolute atomic E-state index is 12.9. The lowest BCUT2D eigenvalue weighted by molar-refractivity contribution is -0.137. The molecular formula is C18H12Cl3F3N4O3. The van der Waals surface area contributed by atoms with Gasteiger partial charge in [-0.15, -0.1) is 0 Å². The number of halogens is 6. The van der Waals surface area contributed by atoms with Gasteiger partial charge in [0.1, 0.15) is 12.1 Å². The first-order valence-electron chi connectivity index (χ1n) is 8.45. The summed E-state index contributed by atoms with van der Waals surface area (Å²) in [6.07, 6.45) is -4.16. The van der Waals surface area contributed by atoms with E-state index in [1.165, 1.54) is 25.1 Å². The molecule has 1 saturated heterocycles. The molecule has 2 aromatic rings. The van der Waals surface area contributed by atoms with Crippen molar-refractivity contribution in [2.45, 2.75) is 18.6 Å². The van der Waals surface area contributed by atoms with Gasteiger partial charge in [0, 0.05) is 6.20 Å². The molecule has 1 aromatic heterocycles. The Kier molecular flexibility index (Phi) is 6.09. The Hall–Kier alpha value is -2.56. The number of nitrogens with zero attached hydrogens (tertiary/aromatic N) is 2. The minimum atomic E-state index is -4.66. The largest absolute Gasteiger partial charge is 0.417 e. The molecule has 1 fully saturated rings. The molecule has 0 spiro atoms. The number of alkyl halides is 3. The minimum absolute atomic E-state index is 0.168. The van der Waals surface area contributed by atoms with Crippen LogP contribution in [0.2, 0.25) is 15.1 Å². The van der Waals surface area contributed by atoms with Crippen molar-refractivity contribution in [3.8, 4) is 0 Å². The van der Waals surface area contributed by atoms with Gasteiger partial charge in [0.15, 0.2) is 5.82 Å². The average Bonchev–Trinajstić information content (AvgIpc) is 2.88. The number of aromatic nitrogens is 1. The summed E-state index contributed by atoms with van der Waals surface area (Å²) in [6.45, 7) is 0.708. The fourth-order valence-corrected chi connectivity index (χ4v) is 3.36. The van der Waals surface area contributed by atoms with Crippen LogP contribution in [0.25, 0.3) is 0 Å². The van der Waals surface area contributed by atoms with Crippen molar-refractivity contribution >= 4 is 58.5 Å². The lowest BCUT2D eigenvalue weighted by Crippen LogP contribution is -2.42. The summed E-state index contributed by atoms with van der Waals surface area (Å²) >= 11 is 17.6. The minimum Gasteiger partial charge on any atom is -0.319 e. The third kappa shape index (κ3) is 4.56. The number of imide groups is 1. The number of hydrogen-bond donors (Lipinski definition) is 2. The van der Waals surface area contributed by atoms with Gasteiger partial charge in [-0.3, -0.25) is 14.5 Å². The molecule has 2 N–H and O–H groups in total. The van der Waals surface area contributed by atoms with Crippen molar-refractivity contribution in [2.24, 2.45) is 0 Å². The van der Waals surface area contributed by atoms with Crippen molar-refractivity contribution in [3.63, 3.8) is 0 Å². The molecule has 0 bridgehead atoms. The summed E-state index contributed by atoms with van der Waals surface area (Å²) in [7, 11) is 0. The molecule has 13 heteroatoms. The Morgan fingerprint density at radius 1 is 1.16 bits per heavy atom. The van der Waals surface area contributed by atoms with Crippen LogP contribution in [-0.2, 0) is 21.3 Å². The van der Waals surface area contributed by atoms with Crippen molar-refractivity contribution in [3.05, 3.63) is 56.7 Å². The number of rotatable bonds is 4. The van der Waals surface area contributed by atoms with Crippen LogP contribution in [-0.4, -0.2) is 34.3 Å². The summed E-state index contributed by atoms with van der Waals surface area (Å²) in [5, 5.41) is 4.63. The van der Waals surface area contributed by atoms with Crippen molar-refractivity contribution < 1.29 is 27.6 Å². The average molecular weight is 496 g/mol. The van der Waals surface area contributed by atoms with E-state index in [0.29, 0.717) is 22.7 Å². The molecule has 1 unspecified atom stereocenters. The lowest BCUT2D eigenvalue weighted by Gasteiger charge is -2.22. The highest BCUT2D eigenvalue weighted by atomic mass is 35.5. The third-order valence-corrected chi connectivity index (χ3v) is 5.53. The van der Waals surface area contributed by atoms with Crippen LogP contribution in [0.5, 0.6) is 0 Å². The van der Waals surface area contributed by atoms with Gasteiger partial charge in [-0.25, -0.2) is 9.78 Å². The maximum Gasteiger partial charge on any atom is 0.417 e. The van der Waals surface area contributed by atoms with Crippen LogP contribution in [0.4, 0.5) is 23.8 Å². The molecule has 1 aliphatic heterocycles. The van der Waals surface area contributed by atoms with E-state index in [0.717, 1.165) is 0 Å². The summed E-state index contributed by atoms with van der Waals surface area (Å²) in [5.41, 5.74) is -2.26. The third-order valence-electron chi connectivity index (χ3n) is 4.50. The van der Waals surface area contributed by atoms with Gasteiger partial charge in [-0.05, 0) is 30.7 Å². The molecule has 1 aromatic carbocycles. The van der Waals surface area contributed by atoms with Crippen LogP contribution in [0.3, 0.4) is 0 Å². The fraction of sp³-hybridized carbons (Fsp3) is 0.222. The van der Waals surface area contributed by atoms with Crippen molar-refractivity contribution in [1.29, 1.82) is 0 Å². The van der Waals surface area contributed by atoms with E-state index in [1.807, 2.05) is 0 Å². The zero-order chi connectivity index (χ0) is 23.1. The number of nitrogens with one attached hydrogen (secondary N) is 2. The van der Waals surface area contributed by atoms with Crippen LogP contribution in [0.1, 0.15) is 18.1 Å². The SMILES string of the molecule is CC1(c2ccc(Cl)c(Cl)c2)NC(=O)N(CC(=O)Nc2ncc(C(F)(F)F)cc2Cl)C1=O. The van der Waals surface area contributed by atoms with E-state index in [2.05, 4.69) is 15.6 Å². The Morgan fingerprint density at radius 3 is 2.42 bits per heavy atom. The number of carbonyl (C=O) groups excluding carboxylic acids is 3. The van der Waals surface area contributed by atoms with E-state index in [1.54, 1.807) is 0 Å². The van der Waals surface area contributed by atoms with E-state index in [9.17, 15) is 27.6 Å². The van der Waals surface area contributed by atoms with E-state index in [4.69, 9.17) is 34.8 Å². The molecular weight excluding hydrogens is 484 g/mol. The molecule has 3 rings (SSSR count). The number of urea groups is 1. The van der Waals surface area contributed by atoms with Gasteiger partial charge < -0.3 is 10.6 Å². The molecule has 1 aliphatic rings. The van der Waals surface area contributed by atoms with Gasteiger partial charge in [0.2, 0.25) is 5.91 Å². The maximum atomic E-state index is 12.9. The Bertz CT molecular complexity index is 1100. The zero-order valence-electron chi connectivity index (χ0n) is 15.5. The number of carbonyl (C=O) groups is 3. The number of benzene rings is 1. The second-order valence-electron chi connectivity index (χ2n) is 6.68. The molecule has 164 valence electrons. The van der Waals surface area contributed by atoms with Gasteiger partial charge in [0.05, 0.1) is 20.6 Å². The second-order valence-corrected chi connectivity index (χ2v) is 7.90. The zero-order valence-corrected chi connectivity index (χ0v) is 17.7. The van der Waals surface area contributed by atoms with E-state index < -0.39 is 46.7 Å². The van der Waals surface area contributed by atoms with E-state index >= 15 is 0 Å². The van der Waals surface area contributed by atoms with Gasteiger partial charge in [-0.2, -0.15) is 13.2 Å². The number of pyridine rings is 1. The van der Waals surface area contributed by atoms with E-state index in [-0.39, 0.29) is 15.9 Å². The number of hydrogen-bond acceptors (Lipinski definition) is 4. The monoisotopic (exact) mass is 494 g/mol. The molecule has 7 nitrogen and oxygen atoms in total. The Morgan fingerprint density at radius 2 is 1.84 bits per heavy atom. The molecule has 4 amide bonds. The molecule has 0 saturated carbocycles. The highest BCUT2D eigenvalue weighted by Crippen LogP contribution is 2.34. The first-order chi connectivity index (χ1) is 14.3. The smallest absolute Gasteiger partial charge is 0.319 e. The Balaban J connectivity index is 1.75. The Labute approximate surface area is 188 Å². The summed E-state index contributed by atoms with van der Waals surface area (Å²) in [5.74, 6) is -1.98. The predicted molar refractivity (Wildman–Crippen MR) is 107 cm³/mol. The van der Waals surface area contributed by atoms with Gasteiger partial charge >= 0.3 is 12.2 Å². The quantitative estimate of drug-likeness (QED) is 0.613. The molecule has 31 heavy (non-hydrogen) atoms. The standard InChI is InChI=1S/C18H12Cl3F3N4O3/c1-17(8-2-3-10(19)11(20)4-8)15(30)28(16(31)27-17)7-13(29)26-14-12(21)5-9(6-25-14)18(22,23)24/h2-6H,7H2,1H3,(H,27,31)(H,25,26,29). The van der Waals surface area contributed by atoms with Crippen LogP contribution in [0.15, 0.2) is 30.5 Å². The van der Waals surface area contributed by atoms with Crippen molar-refractivity contribution in [1.82, 2.24) is 15.2 Å². The van der Waals surface area contributed by atoms with Crippen LogP contribution in [0, 0.1) is 0 Å². The molecule has 0 aliphatic carbocycles.